The quantitative estimate of drug-likeness (QED) is 0.713. The fourth-order valence-electron chi connectivity index (χ4n) is 1.35. The Morgan fingerprint density at radius 2 is 2.37 bits per heavy atom. The molecule has 1 aromatic carbocycles. The summed E-state index contributed by atoms with van der Waals surface area (Å²) in [5, 5.41) is 12.8. The molecule has 7 heteroatoms. The maximum absolute atomic E-state index is 11.8. The maximum atomic E-state index is 11.8. The predicted octanol–water partition coefficient (Wildman–Crippen LogP) is 1.02. The summed E-state index contributed by atoms with van der Waals surface area (Å²) in [4.78, 5) is 11.8. The molecule has 0 fully saturated rings. The molecule has 2 rings (SSSR count). The van der Waals surface area contributed by atoms with Gasteiger partial charge < -0.3 is 11.1 Å². The number of rotatable bonds is 2. The van der Waals surface area contributed by atoms with E-state index in [9.17, 15) is 4.79 Å². The summed E-state index contributed by atoms with van der Waals surface area (Å²) in [5.41, 5.74) is 6.67. The lowest BCUT2D eigenvalue weighted by atomic mass is 10.2. The fraction of sp³-hybridized carbons (Fsp3) is 0.0833. The molecular weight excluding hydrogens is 266 g/mol. The molecule has 2 aromatic rings. The molecule has 96 valence electrons. The first-order valence-corrected chi connectivity index (χ1v) is 5.74. The molecule has 0 saturated carbocycles. The second-order valence-corrected chi connectivity index (χ2v) is 3.92. The molecule has 6 nitrogen and oxygen atoms in total. The Morgan fingerprint density at radius 3 is 3.05 bits per heavy atom. The molecule has 0 aliphatic rings. The molecule has 0 radical (unpaired) electrons. The van der Waals surface area contributed by atoms with E-state index in [1.165, 1.54) is 6.20 Å². The third-order valence-electron chi connectivity index (χ3n) is 2.20. The van der Waals surface area contributed by atoms with E-state index >= 15 is 0 Å². The van der Waals surface area contributed by atoms with Crippen LogP contribution < -0.4 is 11.1 Å². The number of carbonyl (C=O) groups is 1. The molecule has 0 bridgehead atoms. The van der Waals surface area contributed by atoms with Crippen molar-refractivity contribution in [3.63, 3.8) is 0 Å². The minimum atomic E-state index is -0.367. The molecule has 4 N–H and O–H groups in total. The number of H-pyrrole nitrogens is 1. The van der Waals surface area contributed by atoms with Crippen LogP contribution in [0.1, 0.15) is 16.1 Å². The van der Waals surface area contributed by atoms with E-state index in [0.29, 0.717) is 16.3 Å². The van der Waals surface area contributed by atoms with E-state index in [-0.39, 0.29) is 18.1 Å². The number of halogens is 1. The van der Waals surface area contributed by atoms with Gasteiger partial charge in [0.05, 0.1) is 17.8 Å². The van der Waals surface area contributed by atoms with Crippen molar-refractivity contribution in [3.05, 3.63) is 40.7 Å². The van der Waals surface area contributed by atoms with Gasteiger partial charge in [0.25, 0.3) is 5.91 Å². The summed E-state index contributed by atoms with van der Waals surface area (Å²) in [6.07, 6.45) is 1.33. The van der Waals surface area contributed by atoms with Crippen LogP contribution in [-0.4, -0.2) is 27.9 Å². The van der Waals surface area contributed by atoms with Gasteiger partial charge in [-0.3, -0.25) is 4.79 Å². The van der Waals surface area contributed by atoms with E-state index in [1.807, 2.05) is 0 Å². The monoisotopic (exact) mass is 275 g/mol. The van der Waals surface area contributed by atoms with Crippen molar-refractivity contribution >= 4 is 23.2 Å². The van der Waals surface area contributed by atoms with Crippen LogP contribution in [0.2, 0.25) is 5.02 Å². The highest BCUT2D eigenvalue weighted by Gasteiger charge is 2.09. The fourth-order valence-corrected chi connectivity index (χ4v) is 1.52. The summed E-state index contributed by atoms with van der Waals surface area (Å²) in [5.74, 6) is 5.17. The Bertz CT molecular complexity index is 642. The number of nitrogens with two attached hydrogens (primary N) is 1. The first-order chi connectivity index (χ1) is 9.20. The number of nitrogens with one attached hydrogen (secondary N) is 2. The largest absolute Gasteiger partial charge is 0.321 e. The van der Waals surface area contributed by atoms with Gasteiger partial charge in [0.2, 0.25) is 0 Å². The molecule has 1 aromatic heterocycles. The third kappa shape index (κ3) is 3.31. The summed E-state index contributed by atoms with van der Waals surface area (Å²) in [7, 11) is 0. The van der Waals surface area contributed by atoms with Gasteiger partial charge in [-0.25, -0.2) is 0 Å². The van der Waals surface area contributed by atoms with Gasteiger partial charge in [0.1, 0.15) is 0 Å². The van der Waals surface area contributed by atoms with Crippen LogP contribution in [0.15, 0.2) is 24.4 Å². The van der Waals surface area contributed by atoms with Crippen molar-refractivity contribution in [1.29, 1.82) is 0 Å². The van der Waals surface area contributed by atoms with Gasteiger partial charge in [-0.15, -0.1) is 0 Å². The average Bonchev–Trinajstić information content (AvgIpc) is 2.93. The SMILES string of the molecule is NCC#Cc1cc(NC(=O)c2cn[nH]n2)ccc1Cl. The van der Waals surface area contributed by atoms with Crippen LogP contribution >= 0.6 is 11.6 Å². The first-order valence-electron chi connectivity index (χ1n) is 5.36. The highest BCUT2D eigenvalue weighted by Crippen LogP contribution is 2.20. The molecule has 0 unspecified atom stereocenters. The zero-order chi connectivity index (χ0) is 13.7. The topological polar surface area (TPSA) is 96.7 Å². The molecule has 0 aliphatic carbocycles. The Labute approximate surface area is 114 Å². The van der Waals surface area contributed by atoms with Crippen LogP contribution in [0.3, 0.4) is 0 Å². The second kappa shape index (κ2) is 6.00. The lowest BCUT2D eigenvalue weighted by molar-refractivity contribution is 0.102. The smallest absolute Gasteiger partial charge is 0.277 e. The minimum absolute atomic E-state index is 0.199. The van der Waals surface area contributed by atoms with E-state index in [4.69, 9.17) is 17.3 Å². The molecule has 1 heterocycles. The first kappa shape index (κ1) is 13.1. The van der Waals surface area contributed by atoms with Crippen molar-refractivity contribution in [2.24, 2.45) is 5.73 Å². The number of aromatic amines is 1. The number of anilines is 1. The van der Waals surface area contributed by atoms with Crippen LogP contribution in [0.4, 0.5) is 5.69 Å². The van der Waals surface area contributed by atoms with Crippen LogP contribution in [0, 0.1) is 11.8 Å². The van der Waals surface area contributed by atoms with Crippen LogP contribution in [-0.2, 0) is 0 Å². The molecular formula is C12H10ClN5O. The zero-order valence-corrected chi connectivity index (χ0v) is 10.5. The number of hydrogen-bond acceptors (Lipinski definition) is 4. The molecule has 0 aliphatic heterocycles. The molecule has 0 spiro atoms. The lowest BCUT2D eigenvalue weighted by Gasteiger charge is -2.04. The molecule has 0 saturated heterocycles. The Morgan fingerprint density at radius 1 is 1.53 bits per heavy atom. The summed E-state index contributed by atoms with van der Waals surface area (Å²) < 4.78 is 0. The van der Waals surface area contributed by atoms with Gasteiger partial charge in [0.15, 0.2) is 5.69 Å². The van der Waals surface area contributed by atoms with E-state index < -0.39 is 0 Å². The predicted molar refractivity (Wildman–Crippen MR) is 71.7 cm³/mol. The van der Waals surface area contributed by atoms with Gasteiger partial charge in [-0.05, 0) is 18.2 Å². The van der Waals surface area contributed by atoms with Crippen LogP contribution in [0.5, 0.6) is 0 Å². The Kier molecular flexibility index (Phi) is 4.13. The van der Waals surface area contributed by atoms with Crippen molar-refractivity contribution in [3.8, 4) is 11.8 Å². The summed E-state index contributed by atoms with van der Waals surface area (Å²) >= 11 is 5.98. The zero-order valence-electron chi connectivity index (χ0n) is 9.77. The number of aromatic nitrogens is 3. The van der Waals surface area contributed by atoms with Gasteiger partial charge >= 0.3 is 0 Å². The second-order valence-electron chi connectivity index (χ2n) is 3.51. The highest BCUT2D eigenvalue weighted by molar-refractivity contribution is 6.31. The molecule has 0 atom stereocenters. The van der Waals surface area contributed by atoms with Crippen LogP contribution in [0.25, 0.3) is 0 Å². The third-order valence-corrected chi connectivity index (χ3v) is 2.53. The highest BCUT2D eigenvalue weighted by atomic mass is 35.5. The number of benzene rings is 1. The van der Waals surface area contributed by atoms with Gasteiger partial charge in [-0.1, -0.05) is 23.4 Å². The Hall–Kier alpha value is -2.36. The maximum Gasteiger partial charge on any atom is 0.277 e. The normalized spacial score (nSPS) is 9.58. The van der Waals surface area contributed by atoms with Crippen molar-refractivity contribution in [2.45, 2.75) is 0 Å². The van der Waals surface area contributed by atoms with Crippen molar-refractivity contribution in [2.75, 3.05) is 11.9 Å². The number of hydrogen-bond donors (Lipinski definition) is 3. The lowest BCUT2D eigenvalue weighted by Crippen LogP contribution is -2.12. The number of amides is 1. The minimum Gasteiger partial charge on any atom is -0.321 e. The van der Waals surface area contributed by atoms with Gasteiger partial charge in [0, 0.05) is 11.3 Å². The summed E-state index contributed by atoms with van der Waals surface area (Å²) in [6.45, 7) is 0.242. The number of carbonyl (C=O) groups excluding carboxylic acids is 1. The summed E-state index contributed by atoms with van der Waals surface area (Å²) in [6, 6.07) is 5.00. The van der Waals surface area contributed by atoms with E-state index in [0.717, 1.165) is 0 Å². The van der Waals surface area contributed by atoms with E-state index in [1.54, 1.807) is 18.2 Å². The van der Waals surface area contributed by atoms with E-state index in [2.05, 4.69) is 32.6 Å². The van der Waals surface area contributed by atoms with Gasteiger partial charge in [-0.2, -0.15) is 15.4 Å². The molecule has 19 heavy (non-hydrogen) atoms. The standard InChI is InChI=1S/C12H10ClN5O/c13-10-4-3-9(6-8(10)2-1-5-14)16-12(19)11-7-15-18-17-11/h3-4,6-7H,5,14H2,(H,16,19)(H,15,17,18). The Balaban J connectivity index is 2.19. The average molecular weight is 276 g/mol. The van der Waals surface area contributed by atoms with Crippen molar-refractivity contribution in [1.82, 2.24) is 15.4 Å². The van der Waals surface area contributed by atoms with Crippen molar-refractivity contribution < 1.29 is 4.79 Å². The number of nitrogens with zero attached hydrogens (tertiary/aromatic N) is 2. The molecule has 1 amide bonds.